The molecule has 2 aromatic carbocycles. The van der Waals surface area contributed by atoms with Crippen LogP contribution >= 0.6 is 15.9 Å². The molecule has 5 heteroatoms. The maximum Gasteiger partial charge on any atom is 0.227 e. The smallest absolute Gasteiger partial charge is 0.227 e. The van der Waals surface area contributed by atoms with E-state index in [0.717, 1.165) is 26.7 Å². The zero-order valence-electron chi connectivity index (χ0n) is 10.1. The van der Waals surface area contributed by atoms with Crippen molar-refractivity contribution in [3.8, 4) is 11.5 Å². The summed E-state index contributed by atoms with van der Waals surface area (Å²) >= 11 is 3.46. The van der Waals surface area contributed by atoms with Crippen LogP contribution in [0.2, 0.25) is 0 Å². The number of hydrogen-bond donors (Lipinski definition) is 2. The van der Waals surface area contributed by atoms with Gasteiger partial charge in [-0.1, -0.05) is 15.9 Å². The van der Waals surface area contributed by atoms with Crippen LogP contribution in [-0.2, 0) is 6.54 Å². The molecule has 0 atom stereocenters. The van der Waals surface area contributed by atoms with Crippen molar-refractivity contribution >= 4 is 32.7 Å². The van der Waals surface area contributed by atoms with E-state index < -0.39 is 0 Å². The van der Waals surface area contributed by atoms with Gasteiger partial charge in [0, 0.05) is 22.3 Å². The van der Waals surface area contributed by atoms with Crippen LogP contribution < -0.4 is 11.5 Å². The molecule has 0 spiro atoms. The highest BCUT2D eigenvalue weighted by atomic mass is 79.9. The van der Waals surface area contributed by atoms with E-state index >= 15 is 0 Å². The summed E-state index contributed by atoms with van der Waals surface area (Å²) in [6.07, 6.45) is 0. The van der Waals surface area contributed by atoms with Crippen LogP contribution in [0.25, 0.3) is 22.6 Å². The lowest BCUT2D eigenvalue weighted by molar-refractivity contribution is 0.619. The summed E-state index contributed by atoms with van der Waals surface area (Å²) in [5.41, 5.74) is 15.5. The Morgan fingerprint density at radius 3 is 2.79 bits per heavy atom. The van der Waals surface area contributed by atoms with Crippen molar-refractivity contribution in [3.63, 3.8) is 0 Å². The normalized spacial score (nSPS) is 11.1. The standard InChI is InChI=1S/C14H12BrN3O/c15-11-3-1-8(5-9(11)7-16)14-18-12-6-10(17)2-4-13(12)19-14/h1-6H,7,16-17H2. The summed E-state index contributed by atoms with van der Waals surface area (Å²) in [5, 5.41) is 0. The van der Waals surface area contributed by atoms with Gasteiger partial charge >= 0.3 is 0 Å². The minimum atomic E-state index is 0.460. The van der Waals surface area contributed by atoms with Crippen LogP contribution in [0.15, 0.2) is 45.3 Å². The summed E-state index contributed by atoms with van der Waals surface area (Å²) in [6, 6.07) is 11.3. The Bertz CT molecular complexity index is 752. The third-order valence-corrected chi connectivity index (χ3v) is 3.70. The number of anilines is 1. The van der Waals surface area contributed by atoms with Crippen molar-refractivity contribution in [2.75, 3.05) is 5.73 Å². The Kier molecular flexibility index (Phi) is 3.00. The molecule has 3 aromatic rings. The highest BCUT2D eigenvalue weighted by molar-refractivity contribution is 9.10. The molecular formula is C14H12BrN3O. The quantitative estimate of drug-likeness (QED) is 0.711. The summed E-state index contributed by atoms with van der Waals surface area (Å²) in [4.78, 5) is 4.45. The van der Waals surface area contributed by atoms with Crippen LogP contribution in [0.1, 0.15) is 5.56 Å². The Hall–Kier alpha value is -1.85. The van der Waals surface area contributed by atoms with Crippen LogP contribution in [0.3, 0.4) is 0 Å². The molecule has 1 aromatic heterocycles. The zero-order chi connectivity index (χ0) is 13.4. The lowest BCUT2D eigenvalue weighted by Crippen LogP contribution is -1.97. The molecular weight excluding hydrogens is 306 g/mol. The number of rotatable bonds is 2. The third kappa shape index (κ3) is 2.22. The molecule has 96 valence electrons. The zero-order valence-corrected chi connectivity index (χ0v) is 11.6. The number of fused-ring (bicyclic) bond motifs is 1. The van der Waals surface area contributed by atoms with Crippen LogP contribution in [0.4, 0.5) is 5.69 Å². The molecule has 3 rings (SSSR count). The van der Waals surface area contributed by atoms with E-state index in [1.54, 1.807) is 12.1 Å². The van der Waals surface area contributed by atoms with Gasteiger partial charge in [0.05, 0.1) is 0 Å². The van der Waals surface area contributed by atoms with Crippen molar-refractivity contribution in [2.45, 2.75) is 6.54 Å². The maximum absolute atomic E-state index is 5.73. The molecule has 19 heavy (non-hydrogen) atoms. The van der Waals surface area contributed by atoms with E-state index in [0.29, 0.717) is 18.1 Å². The van der Waals surface area contributed by atoms with Crippen molar-refractivity contribution < 1.29 is 4.42 Å². The summed E-state index contributed by atoms with van der Waals surface area (Å²) in [5.74, 6) is 0.572. The topological polar surface area (TPSA) is 78.1 Å². The second-order valence-electron chi connectivity index (χ2n) is 4.26. The third-order valence-electron chi connectivity index (χ3n) is 2.92. The fraction of sp³-hybridized carbons (Fsp3) is 0.0714. The molecule has 0 aliphatic rings. The molecule has 0 saturated heterocycles. The molecule has 0 aliphatic carbocycles. The molecule has 4 N–H and O–H groups in total. The van der Waals surface area contributed by atoms with E-state index in [1.807, 2.05) is 24.3 Å². The van der Waals surface area contributed by atoms with Gasteiger partial charge in [0.15, 0.2) is 5.58 Å². The minimum absolute atomic E-state index is 0.460. The number of benzene rings is 2. The first-order chi connectivity index (χ1) is 9.17. The van der Waals surface area contributed by atoms with E-state index in [4.69, 9.17) is 15.9 Å². The molecule has 0 aliphatic heterocycles. The van der Waals surface area contributed by atoms with Gasteiger partial charge in [0.2, 0.25) is 5.89 Å². The van der Waals surface area contributed by atoms with Crippen molar-refractivity contribution in [1.29, 1.82) is 0 Å². The minimum Gasteiger partial charge on any atom is -0.436 e. The van der Waals surface area contributed by atoms with Gasteiger partial charge in [0.1, 0.15) is 5.52 Å². The van der Waals surface area contributed by atoms with Gasteiger partial charge in [-0.05, 0) is 42.0 Å². The van der Waals surface area contributed by atoms with Crippen molar-refractivity contribution in [1.82, 2.24) is 4.98 Å². The molecule has 0 radical (unpaired) electrons. The van der Waals surface area contributed by atoms with Gasteiger partial charge in [-0.15, -0.1) is 0 Å². The molecule has 0 bridgehead atoms. The highest BCUT2D eigenvalue weighted by Crippen LogP contribution is 2.28. The molecule has 4 nitrogen and oxygen atoms in total. The fourth-order valence-corrected chi connectivity index (χ4v) is 2.34. The average molecular weight is 318 g/mol. The number of halogens is 1. The summed E-state index contributed by atoms with van der Waals surface area (Å²) in [6.45, 7) is 0.460. The predicted octanol–water partition coefficient (Wildman–Crippen LogP) is 3.30. The van der Waals surface area contributed by atoms with Gasteiger partial charge in [-0.3, -0.25) is 0 Å². The number of nitrogens with two attached hydrogens (primary N) is 2. The second kappa shape index (κ2) is 4.68. The largest absolute Gasteiger partial charge is 0.436 e. The van der Waals surface area contributed by atoms with E-state index in [2.05, 4.69) is 20.9 Å². The van der Waals surface area contributed by atoms with Gasteiger partial charge in [-0.25, -0.2) is 4.98 Å². The molecule has 1 heterocycles. The number of hydrogen-bond acceptors (Lipinski definition) is 4. The van der Waals surface area contributed by atoms with Gasteiger partial charge in [0.25, 0.3) is 0 Å². The fourth-order valence-electron chi connectivity index (χ4n) is 1.93. The Balaban J connectivity index is 2.13. The predicted molar refractivity (Wildman–Crippen MR) is 79.4 cm³/mol. The Morgan fingerprint density at radius 2 is 2.00 bits per heavy atom. The molecule has 0 fully saturated rings. The number of oxazole rings is 1. The van der Waals surface area contributed by atoms with Crippen molar-refractivity contribution in [2.24, 2.45) is 5.73 Å². The number of aromatic nitrogens is 1. The number of nitrogen functional groups attached to an aromatic ring is 1. The molecule has 0 saturated carbocycles. The molecule has 0 unspecified atom stereocenters. The van der Waals surface area contributed by atoms with E-state index in [9.17, 15) is 0 Å². The maximum atomic E-state index is 5.73. The van der Waals surface area contributed by atoms with E-state index in [-0.39, 0.29) is 0 Å². The second-order valence-corrected chi connectivity index (χ2v) is 5.11. The average Bonchev–Trinajstić information content (AvgIpc) is 2.82. The monoisotopic (exact) mass is 317 g/mol. The SMILES string of the molecule is NCc1cc(-c2nc3cc(N)ccc3o2)ccc1Br. The first-order valence-corrected chi connectivity index (χ1v) is 6.61. The van der Waals surface area contributed by atoms with Crippen LogP contribution in [-0.4, -0.2) is 4.98 Å². The van der Waals surface area contributed by atoms with Gasteiger partial charge in [-0.2, -0.15) is 0 Å². The van der Waals surface area contributed by atoms with Gasteiger partial charge < -0.3 is 15.9 Å². The Labute approximate surface area is 118 Å². The first kappa shape index (κ1) is 12.2. The van der Waals surface area contributed by atoms with Crippen molar-refractivity contribution in [3.05, 3.63) is 46.4 Å². The summed E-state index contributed by atoms with van der Waals surface area (Å²) in [7, 11) is 0. The lowest BCUT2D eigenvalue weighted by Gasteiger charge is -2.02. The van der Waals surface area contributed by atoms with Crippen LogP contribution in [0, 0.1) is 0 Å². The number of nitrogens with zero attached hydrogens (tertiary/aromatic N) is 1. The van der Waals surface area contributed by atoms with Crippen LogP contribution in [0.5, 0.6) is 0 Å². The summed E-state index contributed by atoms with van der Waals surface area (Å²) < 4.78 is 6.71. The van der Waals surface area contributed by atoms with E-state index in [1.165, 1.54) is 0 Å². The first-order valence-electron chi connectivity index (χ1n) is 5.82. The lowest BCUT2D eigenvalue weighted by atomic mass is 10.1. The highest BCUT2D eigenvalue weighted by Gasteiger charge is 2.10. The Morgan fingerprint density at radius 1 is 1.16 bits per heavy atom. The molecule has 0 amide bonds.